The Morgan fingerprint density at radius 2 is 2.00 bits per heavy atom. The first kappa shape index (κ1) is 18.8. The molecule has 3 rings (SSSR count). The molecule has 0 aliphatic heterocycles. The number of hydrogen-bond donors (Lipinski definition) is 0. The number of alkyl halides is 3. The van der Waals surface area contributed by atoms with Crippen LogP contribution in [0.2, 0.25) is 0 Å². The third-order valence-corrected chi connectivity index (χ3v) is 3.97. The van der Waals surface area contributed by atoms with Gasteiger partial charge >= 0.3 is 6.18 Å². The van der Waals surface area contributed by atoms with Crippen LogP contribution < -0.4 is 5.56 Å². The number of fused-ring (bicyclic) bond motifs is 1. The summed E-state index contributed by atoms with van der Waals surface area (Å²) in [6, 6.07) is 2.47. The van der Waals surface area contributed by atoms with Gasteiger partial charge in [-0.1, -0.05) is 6.07 Å². The first-order chi connectivity index (χ1) is 12.8. The van der Waals surface area contributed by atoms with E-state index in [1.165, 1.54) is 24.2 Å². The van der Waals surface area contributed by atoms with Crippen LogP contribution in [-0.4, -0.2) is 27.5 Å². The van der Waals surface area contributed by atoms with Gasteiger partial charge in [-0.05, 0) is 17.7 Å². The first-order valence-electron chi connectivity index (χ1n) is 7.66. The highest BCUT2D eigenvalue weighted by atomic mass is 19.4. The van der Waals surface area contributed by atoms with Crippen LogP contribution in [0.3, 0.4) is 0 Å². The maximum Gasteiger partial charge on any atom is 0.419 e. The Morgan fingerprint density at radius 3 is 2.63 bits per heavy atom. The van der Waals surface area contributed by atoms with Crippen LogP contribution in [0.15, 0.2) is 35.5 Å². The molecule has 6 nitrogen and oxygen atoms in total. The molecule has 0 aliphatic rings. The van der Waals surface area contributed by atoms with Gasteiger partial charge in [-0.2, -0.15) is 13.2 Å². The van der Waals surface area contributed by atoms with E-state index in [4.69, 9.17) is 4.74 Å². The number of aldehydes is 1. The Labute approximate surface area is 149 Å². The van der Waals surface area contributed by atoms with Crippen LogP contribution in [-0.2, 0) is 29.0 Å². The second-order valence-corrected chi connectivity index (χ2v) is 5.69. The van der Waals surface area contributed by atoms with Gasteiger partial charge in [0.15, 0.2) is 0 Å². The van der Waals surface area contributed by atoms with Crippen molar-refractivity contribution in [2.24, 2.45) is 0 Å². The van der Waals surface area contributed by atoms with E-state index < -0.39 is 23.1 Å². The van der Waals surface area contributed by atoms with Gasteiger partial charge in [-0.3, -0.25) is 9.36 Å². The molecule has 0 spiro atoms. The minimum absolute atomic E-state index is 0.00600. The van der Waals surface area contributed by atoms with E-state index in [9.17, 15) is 27.2 Å². The van der Waals surface area contributed by atoms with E-state index in [2.05, 4.69) is 4.98 Å². The second-order valence-electron chi connectivity index (χ2n) is 5.69. The van der Waals surface area contributed by atoms with Crippen LogP contribution in [0.4, 0.5) is 17.6 Å². The second kappa shape index (κ2) is 6.95. The Kier molecular flexibility index (Phi) is 4.83. The number of benzene rings is 1. The van der Waals surface area contributed by atoms with Crippen LogP contribution in [0.1, 0.15) is 5.56 Å². The summed E-state index contributed by atoms with van der Waals surface area (Å²) in [6.45, 7) is -0.262. The lowest BCUT2D eigenvalue weighted by Gasteiger charge is -2.10. The molecule has 2 aromatic heterocycles. The Hall–Kier alpha value is -3.01. The minimum Gasteiger partial charge on any atom is -0.364 e. The highest BCUT2D eigenvalue weighted by Gasteiger charge is 2.34. The summed E-state index contributed by atoms with van der Waals surface area (Å²) in [5.41, 5.74) is -1.74. The summed E-state index contributed by atoms with van der Waals surface area (Å²) in [5.74, 6) is -1.41. The SMILES string of the molecule is COCn1cc(-c2ccc(F)c(C(F)(F)F)c2)c2c(=O)n(CC=O)cnc21. The molecule has 0 radical (unpaired) electrons. The number of ether oxygens (including phenoxy) is 1. The molecule has 2 heterocycles. The van der Waals surface area contributed by atoms with E-state index in [1.54, 1.807) is 0 Å². The van der Waals surface area contributed by atoms with E-state index in [1.807, 2.05) is 0 Å². The molecular weight excluding hydrogens is 370 g/mol. The van der Waals surface area contributed by atoms with Gasteiger partial charge in [-0.15, -0.1) is 0 Å². The molecule has 10 heteroatoms. The summed E-state index contributed by atoms with van der Waals surface area (Å²) in [4.78, 5) is 27.5. The Bertz CT molecular complexity index is 1070. The molecule has 0 saturated heterocycles. The number of aromatic nitrogens is 3. The van der Waals surface area contributed by atoms with Crippen molar-refractivity contribution in [1.82, 2.24) is 14.1 Å². The smallest absolute Gasteiger partial charge is 0.364 e. The van der Waals surface area contributed by atoms with Crippen molar-refractivity contribution in [3.05, 3.63) is 52.5 Å². The quantitative estimate of drug-likeness (QED) is 0.502. The molecule has 3 aromatic rings. The van der Waals surface area contributed by atoms with Gasteiger partial charge in [0.1, 0.15) is 30.8 Å². The van der Waals surface area contributed by atoms with Crippen molar-refractivity contribution in [1.29, 1.82) is 0 Å². The van der Waals surface area contributed by atoms with Gasteiger partial charge in [0.05, 0.1) is 17.5 Å². The third kappa shape index (κ3) is 3.35. The number of carbonyl (C=O) groups excluding carboxylic acids is 1. The fourth-order valence-electron chi connectivity index (χ4n) is 2.79. The molecule has 142 valence electrons. The Morgan fingerprint density at radius 1 is 1.26 bits per heavy atom. The van der Waals surface area contributed by atoms with E-state index in [0.29, 0.717) is 18.4 Å². The minimum atomic E-state index is -4.89. The van der Waals surface area contributed by atoms with E-state index >= 15 is 0 Å². The average molecular weight is 383 g/mol. The topological polar surface area (TPSA) is 66.1 Å². The van der Waals surface area contributed by atoms with Gasteiger partial charge in [0, 0.05) is 18.9 Å². The molecule has 0 aliphatic carbocycles. The van der Waals surface area contributed by atoms with Crippen molar-refractivity contribution in [3.63, 3.8) is 0 Å². The number of hydrogen-bond acceptors (Lipinski definition) is 4. The van der Waals surface area contributed by atoms with Gasteiger partial charge in [0.2, 0.25) is 0 Å². The molecule has 0 N–H and O–H groups in total. The molecular formula is C17H13F4N3O3. The van der Waals surface area contributed by atoms with Crippen LogP contribution >= 0.6 is 0 Å². The fourth-order valence-corrected chi connectivity index (χ4v) is 2.79. The third-order valence-electron chi connectivity index (χ3n) is 3.97. The van der Waals surface area contributed by atoms with Crippen LogP contribution in [0, 0.1) is 5.82 Å². The lowest BCUT2D eigenvalue weighted by molar-refractivity contribution is -0.139. The normalized spacial score (nSPS) is 11.9. The lowest BCUT2D eigenvalue weighted by atomic mass is 10.0. The zero-order valence-corrected chi connectivity index (χ0v) is 14.0. The summed E-state index contributed by atoms with van der Waals surface area (Å²) in [7, 11) is 1.40. The van der Waals surface area contributed by atoms with E-state index in [-0.39, 0.29) is 35.4 Å². The molecule has 0 amide bonds. The number of carbonyl (C=O) groups is 1. The van der Waals surface area contributed by atoms with Crippen molar-refractivity contribution in [2.45, 2.75) is 19.5 Å². The highest BCUT2D eigenvalue weighted by molar-refractivity contribution is 5.93. The van der Waals surface area contributed by atoms with Crippen molar-refractivity contribution in [2.75, 3.05) is 7.11 Å². The zero-order chi connectivity index (χ0) is 19.8. The predicted octanol–water partition coefficient (Wildman–Crippen LogP) is 2.83. The van der Waals surface area contributed by atoms with Gasteiger partial charge < -0.3 is 14.1 Å². The molecule has 1 aromatic carbocycles. The van der Waals surface area contributed by atoms with Gasteiger partial charge in [0.25, 0.3) is 5.56 Å². The van der Waals surface area contributed by atoms with Gasteiger partial charge in [-0.25, -0.2) is 9.37 Å². The average Bonchev–Trinajstić information content (AvgIpc) is 2.97. The molecule has 27 heavy (non-hydrogen) atoms. The van der Waals surface area contributed by atoms with E-state index in [0.717, 1.165) is 10.6 Å². The predicted molar refractivity (Wildman–Crippen MR) is 87.5 cm³/mol. The van der Waals surface area contributed by atoms with Crippen LogP contribution in [0.25, 0.3) is 22.2 Å². The summed E-state index contributed by atoms with van der Waals surface area (Å²) in [5, 5.41) is 0.0103. The maximum atomic E-state index is 13.6. The largest absolute Gasteiger partial charge is 0.419 e. The lowest BCUT2D eigenvalue weighted by Crippen LogP contribution is -2.21. The molecule has 0 fully saturated rings. The van der Waals surface area contributed by atoms with Crippen molar-refractivity contribution < 1.29 is 27.1 Å². The maximum absolute atomic E-state index is 13.6. The highest BCUT2D eigenvalue weighted by Crippen LogP contribution is 2.36. The van der Waals surface area contributed by atoms with Crippen LogP contribution in [0.5, 0.6) is 0 Å². The summed E-state index contributed by atoms with van der Waals surface area (Å²) in [6.07, 6.45) is -1.82. The summed E-state index contributed by atoms with van der Waals surface area (Å²) < 4.78 is 60.2. The molecule has 0 bridgehead atoms. The monoisotopic (exact) mass is 383 g/mol. The molecule has 0 unspecified atom stereocenters. The van der Waals surface area contributed by atoms with Crippen molar-refractivity contribution in [3.8, 4) is 11.1 Å². The standard InChI is InChI=1S/C17H13F4N3O3/c1-27-9-24-7-11(10-2-3-13(18)12(6-10)17(19,20)21)14-15(24)22-8-23(4-5-25)16(14)26/h2-3,5-8H,4,9H2,1H3. The Balaban J connectivity index is 2.32. The fraction of sp³-hybridized carbons (Fsp3) is 0.235. The number of nitrogens with zero attached hydrogens (tertiary/aromatic N) is 3. The zero-order valence-electron chi connectivity index (χ0n) is 14.0. The summed E-state index contributed by atoms with van der Waals surface area (Å²) >= 11 is 0. The number of rotatable bonds is 5. The van der Waals surface area contributed by atoms with Crippen molar-refractivity contribution >= 4 is 17.3 Å². The molecule has 0 saturated carbocycles. The number of methoxy groups -OCH3 is 1. The number of halogens is 4. The first-order valence-corrected chi connectivity index (χ1v) is 7.66. The molecule has 0 atom stereocenters.